The molecule has 3 heteroatoms. The summed E-state index contributed by atoms with van der Waals surface area (Å²) in [6, 6.07) is 55.7. The number of oxazole rings is 1. The maximum atomic E-state index is 6.52. The van der Waals surface area contributed by atoms with Crippen molar-refractivity contribution in [2.45, 2.75) is 0 Å². The first-order valence-corrected chi connectivity index (χ1v) is 14.9. The summed E-state index contributed by atoms with van der Waals surface area (Å²) >= 11 is 0. The Morgan fingerprint density at radius 1 is 0.409 bits per heavy atom. The molecule has 0 aliphatic rings. The summed E-state index contributed by atoms with van der Waals surface area (Å²) in [7, 11) is 0. The van der Waals surface area contributed by atoms with E-state index in [2.05, 4.69) is 132 Å². The van der Waals surface area contributed by atoms with Gasteiger partial charge in [0.15, 0.2) is 5.58 Å². The van der Waals surface area contributed by atoms with Gasteiger partial charge in [0, 0.05) is 33.4 Å². The third-order valence-corrected chi connectivity index (χ3v) is 8.61. The second kappa shape index (κ2) is 9.82. The molecule has 44 heavy (non-hydrogen) atoms. The average molecular weight is 563 g/mol. The van der Waals surface area contributed by atoms with Gasteiger partial charge < -0.3 is 9.32 Å². The lowest BCUT2D eigenvalue weighted by atomic mass is 9.99. The lowest BCUT2D eigenvalue weighted by Gasteiger charge is -2.26. The highest BCUT2D eigenvalue weighted by molar-refractivity contribution is 6.23. The number of rotatable bonds is 4. The van der Waals surface area contributed by atoms with E-state index in [0.717, 1.165) is 55.3 Å². The molecule has 206 valence electrons. The van der Waals surface area contributed by atoms with Gasteiger partial charge in [-0.15, -0.1) is 0 Å². The third-order valence-electron chi connectivity index (χ3n) is 8.61. The van der Waals surface area contributed by atoms with Crippen LogP contribution in [0.4, 0.5) is 17.1 Å². The molecule has 0 spiro atoms. The van der Waals surface area contributed by atoms with Crippen molar-refractivity contribution in [1.29, 1.82) is 0 Å². The smallest absolute Gasteiger partial charge is 0.227 e. The van der Waals surface area contributed by atoms with E-state index >= 15 is 0 Å². The normalized spacial score (nSPS) is 11.6. The van der Waals surface area contributed by atoms with E-state index in [9.17, 15) is 0 Å². The van der Waals surface area contributed by atoms with Gasteiger partial charge in [-0.3, -0.25) is 0 Å². The summed E-state index contributed by atoms with van der Waals surface area (Å²) in [5, 5.41) is 9.28. The highest BCUT2D eigenvalue weighted by Crippen LogP contribution is 2.42. The molecule has 1 aromatic heterocycles. The Kier molecular flexibility index (Phi) is 5.50. The van der Waals surface area contributed by atoms with Gasteiger partial charge in [0.25, 0.3) is 0 Å². The SMILES string of the molecule is c1ccc(-c2nc3c4cc(N(c5ccc6ccccc6c5)c5ccc6ccccc6c5)ccc4c4ccccc4c3o2)cc1. The van der Waals surface area contributed by atoms with Gasteiger partial charge in [-0.25, -0.2) is 4.98 Å². The molecule has 0 amide bonds. The Bertz CT molecular complexity index is 2430. The Balaban J connectivity index is 1.33. The quantitative estimate of drug-likeness (QED) is 0.200. The largest absolute Gasteiger partial charge is 0.435 e. The van der Waals surface area contributed by atoms with Crippen molar-refractivity contribution in [2.75, 3.05) is 4.90 Å². The van der Waals surface area contributed by atoms with Gasteiger partial charge in [-0.05, 0) is 80.8 Å². The minimum absolute atomic E-state index is 0.629. The van der Waals surface area contributed by atoms with E-state index in [-0.39, 0.29) is 0 Å². The van der Waals surface area contributed by atoms with Crippen LogP contribution in [0.25, 0.3) is 65.6 Å². The maximum Gasteiger partial charge on any atom is 0.227 e. The molecule has 0 N–H and O–H groups in total. The molecule has 8 aromatic carbocycles. The molecule has 0 fully saturated rings. The van der Waals surface area contributed by atoms with Crippen LogP contribution in [0.15, 0.2) is 162 Å². The maximum absolute atomic E-state index is 6.52. The Morgan fingerprint density at radius 2 is 0.932 bits per heavy atom. The molecule has 0 saturated carbocycles. The third kappa shape index (κ3) is 3.94. The molecule has 0 saturated heterocycles. The zero-order chi connectivity index (χ0) is 29.0. The number of fused-ring (bicyclic) bond motifs is 8. The van der Waals surface area contributed by atoms with Gasteiger partial charge in [0.2, 0.25) is 5.89 Å². The number of hydrogen-bond donors (Lipinski definition) is 0. The van der Waals surface area contributed by atoms with E-state index in [0.29, 0.717) is 5.89 Å². The summed E-state index contributed by atoms with van der Waals surface area (Å²) < 4.78 is 6.52. The van der Waals surface area contributed by atoms with Crippen LogP contribution in [0, 0.1) is 0 Å². The summed E-state index contributed by atoms with van der Waals surface area (Å²) in [6.07, 6.45) is 0. The molecule has 0 aliphatic heterocycles. The monoisotopic (exact) mass is 562 g/mol. The van der Waals surface area contributed by atoms with E-state index in [1.54, 1.807) is 0 Å². The number of anilines is 3. The second-order valence-corrected chi connectivity index (χ2v) is 11.2. The minimum Gasteiger partial charge on any atom is -0.435 e. The predicted molar refractivity (Wildman–Crippen MR) is 184 cm³/mol. The van der Waals surface area contributed by atoms with Crippen LogP contribution in [0.1, 0.15) is 0 Å². The Morgan fingerprint density at radius 3 is 1.61 bits per heavy atom. The van der Waals surface area contributed by atoms with Crippen LogP contribution in [0.3, 0.4) is 0 Å². The molecule has 0 unspecified atom stereocenters. The number of nitrogens with zero attached hydrogens (tertiary/aromatic N) is 2. The van der Waals surface area contributed by atoms with E-state index in [1.165, 1.54) is 21.5 Å². The van der Waals surface area contributed by atoms with Gasteiger partial charge >= 0.3 is 0 Å². The standard InChI is InChI=1S/C41H26N2O/c1-2-12-29(13-3-1)41-42-39-38-26-34(22-23-36(38)35-16-8-9-17-37(35)40(39)44-41)43(32-20-18-27-10-4-6-14-30(27)24-32)33-21-19-28-11-5-7-15-31(28)25-33/h1-26H. The van der Waals surface area contributed by atoms with E-state index in [1.807, 2.05) is 30.3 Å². The van der Waals surface area contributed by atoms with Crippen LogP contribution in [0.5, 0.6) is 0 Å². The van der Waals surface area contributed by atoms with Crippen molar-refractivity contribution in [3.8, 4) is 11.5 Å². The number of hydrogen-bond acceptors (Lipinski definition) is 3. The number of aromatic nitrogens is 1. The van der Waals surface area contributed by atoms with Crippen LogP contribution < -0.4 is 4.90 Å². The molecule has 9 rings (SSSR count). The van der Waals surface area contributed by atoms with Gasteiger partial charge in [0.1, 0.15) is 5.52 Å². The molecule has 9 aromatic rings. The average Bonchev–Trinajstić information content (AvgIpc) is 3.55. The molecule has 0 bridgehead atoms. The van der Waals surface area contributed by atoms with Crippen molar-refractivity contribution in [1.82, 2.24) is 4.98 Å². The van der Waals surface area contributed by atoms with Gasteiger partial charge in [-0.1, -0.05) is 109 Å². The Labute approximate surface area is 254 Å². The number of benzene rings is 8. The lowest BCUT2D eigenvalue weighted by molar-refractivity contribution is 0.623. The molecule has 1 heterocycles. The van der Waals surface area contributed by atoms with E-state index in [4.69, 9.17) is 9.40 Å². The lowest BCUT2D eigenvalue weighted by Crippen LogP contribution is -2.10. The van der Waals surface area contributed by atoms with Crippen LogP contribution >= 0.6 is 0 Å². The first kappa shape index (κ1) is 24.6. The molecule has 0 atom stereocenters. The molecule has 3 nitrogen and oxygen atoms in total. The van der Waals surface area contributed by atoms with Gasteiger partial charge in [-0.2, -0.15) is 0 Å². The van der Waals surface area contributed by atoms with Gasteiger partial charge in [0.05, 0.1) is 0 Å². The highest BCUT2D eigenvalue weighted by Gasteiger charge is 2.19. The summed E-state index contributed by atoms with van der Waals surface area (Å²) in [5.74, 6) is 0.629. The molecular weight excluding hydrogens is 536 g/mol. The summed E-state index contributed by atoms with van der Waals surface area (Å²) in [6.45, 7) is 0. The van der Waals surface area contributed by atoms with Crippen molar-refractivity contribution in [3.05, 3.63) is 158 Å². The Hall–Kier alpha value is -5.93. The van der Waals surface area contributed by atoms with Crippen molar-refractivity contribution >= 4 is 71.3 Å². The fourth-order valence-electron chi connectivity index (χ4n) is 6.49. The highest BCUT2D eigenvalue weighted by atomic mass is 16.3. The van der Waals surface area contributed by atoms with Crippen molar-refractivity contribution in [2.24, 2.45) is 0 Å². The fourth-order valence-corrected chi connectivity index (χ4v) is 6.49. The van der Waals surface area contributed by atoms with Crippen LogP contribution in [-0.2, 0) is 0 Å². The molecule has 0 radical (unpaired) electrons. The summed E-state index contributed by atoms with van der Waals surface area (Å²) in [5.41, 5.74) is 5.90. The minimum atomic E-state index is 0.629. The summed E-state index contributed by atoms with van der Waals surface area (Å²) in [4.78, 5) is 7.45. The predicted octanol–water partition coefficient (Wildman–Crippen LogP) is 11.6. The fraction of sp³-hybridized carbons (Fsp3) is 0. The first-order chi connectivity index (χ1) is 21.8. The first-order valence-electron chi connectivity index (χ1n) is 14.9. The van der Waals surface area contributed by atoms with Crippen LogP contribution in [0.2, 0.25) is 0 Å². The van der Waals surface area contributed by atoms with Crippen molar-refractivity contribution < 1.29 is 4.42 Å². The topological polar surface area (TPSA) is 29.3 Å². The van der Waals surface area contributed by atoms with E-state index < -0.39 is 0 Å². The zero-order valence-corrected chi connectivity index (χ0v) is 23.8. The zero-order valence-electron chi connectivity index (χ0n) is 23.8. The van der Waals surface area contributed by atoms with Crippen LogP contribution in [-0.4, -0.2) is 4.98 Å². The van der Waals surface area contributed by atoms with Crippen molar-refractivity contribution in [3.63, 3.8) is 0 Å². The molecular formula is C41H26N2O. The molecule has 0 aliphatic carbocycles. The second-order valence-electron chi connectivity index (χ2n) is 11.2.